The Balaban J connectivity index is 2.07. The zero-order valence-electron chi connectivity index (χ0n) is 20.6. The van der Waals surface area contributed by atoms with Crippen LogP contribution in [-0.2, 0) is 21.9 Å². The Morgan fingerprint density at radius 3 is 1.97 bits per heavy atom. The summed E-state index contributed by atoms with van der Waals surface area (Å²) in [6.45, 7) is 8.84. The third-order valence-corrected chi connectivity index (χ3v) is 6.69. The molecule has 0 saturated carbocycles. The number of aryl methyl sites for hydroxylation is 2. The Kier molecular flexibility index (Phi) is 7.22. The van der Waals surface area contributed by atoms with Crippen LogP contribution >= 0.6 is 0 Å². The van der Waals surface area contributed by atoms with Gasteiger partial charge >= 0.3 is 12.4 Å². The number of carbonyl (C=O) groups is 2. The minimum atomic E-state index is -5.05. The summed E-state index contributed by atoms with van der Waals surface area (Å²) in [5, 5.41) is 2.29. The fraction of sp³-hybridized carbons (Fsp3) is 0.462. The van der Waals surface area contributed by atoms with E-state index in [1.165, 1.54) is 4.90 Å². The van der Waals surface area contributed by atoms with E-state index >= 15 is 0 Å². The number of amides is 2. The summed E-state index contributed by atoms with van der Waals surface area (Å²) in [5.74, 6) is -2.07. The van der Waals surface area contributed by atoms with Crippen LogP contribution in [0.3, 0.4) is 0 Å². The number of nitrogens with zero attached hydrogens (tertiary/aromatic N) is 1. The maximum absolute atomic E-state index is 13.6. The van der Waals surface area contributed by atoms with E-state index in [4.69, 9.17) is 0 Å². The molecule has 0 bridgehead atoms. The van der Waals surface area contributed by atoms with Gasteiger partial charge in [0.15, 0.2) is 0 Å². The van der Waals surface area contributed by atoms with Crippen molar-refractivity contribution >= 4 is 23.2 Å². The first-order valence-electron chi connectivity index (χ1n) is 11.5. The van der Waals surface area contributed by atoms with E-state index < -0.39 is 46.4 Å². The van der Waals surface area contributed by atoms with E-state index in [9.17, 15) is 35.9 Å². The second kappa shape index (κ2) is 9.44. The van der Waals surface area contributed by atoms with Crippen molar-refractivity contribution in [3.63, 3.8) is 0 Å². The summed E-state index contributed by atoms with van der Waals surface area (Å²) in [6.07, 6.45) is -9.89. The summed E-state index contributed by atoms with van der Waals surface area (Å²) in [7, 11) is 0. The van der Waals surface area contributed by atoms with E-state index in [2.05, 4.69) is 5.32 Å². The molecular formula is C26H28F6N2O2. The molecule has 3 rings (SSSR count). The largest absolute Gasteiger partial charge is 0.416 e. The SMILES string of the molecule is Cc1cccc(C)c1N1C[C@@](CC(C)C)(C(=O)Nc2cc(C(F)(F)F)cc(C(F)(F)F)c2)[C@H](C)C1=O. The fourth-order valence-corrected chi connectivity index (χ4v) is 5.00. The summed E-state index contributed by atoms with van der Waals surface area (Å²) in [5.41, 5.74) is -2.79. The lowest BCUT2D eigenvalue weighted by molar-refractivity contribution is -0.143. The first kappa shape index (κ1) is 27.5. The Morgan fingerprint density at radius 2 is 1.53 bits per heavy atom. The molecule has 1 aliphatic rings. The molecule has 1 fully saturated rings. The van der Waals surface area contributed by atoms with E-state index in [0.717, 1.165) is 11.1 Å². The molecule has 0 unspecified atom stereocenters. The van der Waals surface area contributed by atoms with Crippen molar-refractivity contribution in [2.75, 3.05) is 16.8 Å². The molecule has 0 aliphatic carbocycles. The van der Waals surface area contributed by atoms with Gasteiger partial charge in [-0.05, 0) is 55.5 Å². The highest BCUT2D eigenvalue weighted by Gasteiger charge is 2.55. The summed E-state index contributed by atoms with van der Waals surface area (Å²) in [4.78, 5) is 28.5. The van der Waals surface area contributed by atoms with Gasteiger partial charge in [-0.25, -0.2) is 0 Å². The third-order valence-electron chi connectivity index (χ3n) is 6.69. The third kappa shape index (κ3) is 5.22. The molecule has 1 saturated heterocycles. The molecule has 0 radical (unpaired) electrons. The van der Waals surface area contributed by atoms with Gasteiger partial charge in [-0.2, -0.15) is 26.3 Å². The number of hydrogen-bond donors (Lipinski definition) is 1. The van der Waals surface area contributed by atoms with Crippen LogP contribution in [0.1, 0.15) is 49.4 Å². The van der Waals surface area contributed by atoms with Gasteiger partial charge in [0.25, 0.3) is 0 Å². The van der Waals surface area contributed by atoms with Gasteiger partial charge in [-0.1, -0.05) is 39.0 Å². The predicted octanol–water partition coefficient (Wildman–Crippen LogP) is 6.99. The van der Waals surface area contributed by atoms with E-state index in [0.29, 0.717) is 17.8 Å². The van der Waals surface area contributed by atoms with Crippen molar-refractivity contribution in [1.29, 1.82) is 0 Å². The lowest BCUT2D eigenvalue weighted by atomic mass is 9.72. The molecule has 4 nitrogen and oxygen atoms in total. The van der Waals surface area contributed by atoms with Gasteiger partial charge < -0.3 is 10.2 Å². The normalized spacial score (nSPS) is 20.8. The zero-order chi connectivity index (χ0) is 27.2. The molecule has 2 amide bonds. The van der Waals surface area contributed by atoms with Gasteiger partial charge in [0.2, 0.25) is 11.8 Å². The monoisotopic (exact) mass is 514 g/mol. The molecule has 1 heterocycles. The topological polar surface area (TPSA) is 49.4 Å². The molecule has 196 valence electrons. The number of benzene rings is 2. The molecule has 2 atom stereocenters. The molecule has 10 heteroatoms. The van der Waals surface area contributed by atoms with Gasteiger partial charge in [-0.15, -0.1) is 0 Å². The molecule has 0 spiro atoms. The van der Waals surface area contributed by atoms with Gasteiger partial charge in [-0.3, -0.25) is 9.59 Å². The molecule has 0 aromatic heterocycles. The van der Waals surface area contributed by atoms with Crippen LogP contribution in [0.2, 0.25) is 0 Å². The minimum Gasteiger partial charge on any atom is -0.326 e. The van der Waals surface area contributed by atoms with Crippen LogP contribution in [0, 0.1) is 31.1 Å². The van der Waals surface area contributed by atoms with E-state index in [1.807, 2.05) is 45.9 Å². The number of alkyl halides is 6. The van der Waals surface area contributed by atoms with Crippen LogP contribution in [0.15, 0.2) is 36.4 Å². The molecule has 2 aromatic carbocycles. The number of rotatable bonds is 5. The highest BCUT2D eigenvalue weighted by atomic mass is 19.4. The van der Waals surface area contributed by atoms with Crippen LogP contribution in [0.25, 0.3) is 0 Å². The lowest BCUT2D eigenvalue weighted by Gasteiger charge is -2.32. The maximum Gasteiger partial charge on any atom is 0.416 e. The summed E-state index contributed by atoms with van der Waals surface area (Å²) >= 11 is 0. The molecule has 1 N–H and O–H groups in total. The van der Waals surface area contributed by atoms with Crippen molar-refractivity contribution in [3.05, 3.63) is 58.7 Å². The number of halogens is 6. The number of para-hydroxylation sites is 1. The second-order valence-corrected chi connectivity index (χ2v) is 9.89. The lowest BCUT2D eigenvalue weighted by Crippen LogP contribution is -2.43. The number of hydrogen-bond acceptors (Lipinski definition) is 2. The molecule has 36 heavy (non-hydrogen) atoms. The average Bonchev–Trinajstić information content (AvgIpc) is 2.98. The Morgan fingerprint density at radius 1 is 1.03 bits per heavy atom. The number of nitrogens with one attached hydrogen (secondary N) is 1. The van der Waals surface area contributed by atoms with Crippen molar-refractivity contribution in [1.82, 2.24) is 0 Å². The highest BCUT2D eigenvalue weighted by molar-refractivity contribution is 6.07. The number of carbonyl (C=O) groups excluding carboxylic acids is 2. The van der Waals surface area contributed by atoms with Crippen LogP contribution in [0.4, 0.5) is 37.7 Å². The Labute approximate surface area is 205 Å². The fourth-order valence-electron chi connectivity index (χ4n) is 5.00. The van der Waals surface area contributed by atoms with Crippen molar-refractivity contribution in [3.8, 4) is 0 Å². The molecule has 2 aromatic rings. The van der Waals surface area contributed by atoms with E-state index in [1.54, 1.807) is 6.92 Å². The average molecular weight is 515 g/mol. The smallest absolute Gasteiger partial charge is 0.326 e. The van der Waals surface area contributed by atoms with Crippen LogP contribution in [0.5, 0.6) is 0 Å². The maximum atomic E-state index is 13.6. The zero-order valence-corrected chi connectivity index (χ0v) is 20.6. The van der Waals surface area contributed by atoms with E-state index in [-0.39, 0.29) is 30.9 Å². The van der Waals surface area contributed by atoms with Crippen LogP contribution in [-0.4, -0.2) is 18.4 Å². The first-order valence-corrected chi connectivity index (χ1v) is 11.5. The highest BCUT2D eigenvalue weighted by Crippen LogP contribution is 2.46. The molecule has 1 aliphatic heterocycles. The van der Waals surface area contributed by atoms with Gasteiger partial charge in [0, 0.05) is 17.9 Å². The second-order valence-electron chi connectivity index (χ2n) is 9.89. The quantitative estimate of drug-likeness (QED) is 0.437. The van der Waals surface area contributed by atoms with Crippen molar-refractivity contribution in [2.45, 2.75) is 53.4 Å². The Bertz CT molecular complexity index is 1120. The summed E-state index contributed by atoms with van der Waals surface area (Å²) < 4.78 is 79.9. The standard InChI is InChI=1S/C26H28F6N2O2/c1-14(2)12-24(13-34(22(35)17(24)5)21-15(3)7-6-8-16(21)4)23(36)33-20-10-18(25(27,28)29)9-19(11-20)26(30,31)32/h6-11,14,17H,12-13H2,1-5H3,(H,33,36)/t17-,24-/m1/s1. The van der Waals surface area contributed by atoms with Crippen molar-refractivity contribution in [2.24, 2.45) is 17.3 Å². The summed E-state index contributed by atoms with van der Waals surface area (Å²) in [6, 6.07) is 6.43. The Hall–Kier alpha value is -3.04. The van der Waals surface area contributed by atoms with Gasteiger partial charge in [0.1, 0.15) is 0 Å². The number of anilines is 2. The van der Waals surface area contributed by atoms with Gasteiger partial charge in [0.05, 0.1) is 22.5 Å². The van der Waals surface area contributed by atoms with Crippen molar-refractivity contribution < 1.29 is 35.9 Å². The predicted molar refractivity (Wildman–Crippen MR) is 124 cm³/mol. The molecular weight excluding hydrogens is 486 g/mol. The van der Waals surface area contributed by atoms with Crippen LogP contribution < -0.4 is 10.2 Å². The minimum absolute atomic E-state index is 0.00392. The first-order chi connectivity index (χ1) is 16.5.